The van der Waals surface area contributed by atoms with Gasteiger partial charge >= 0.3 is 11.9 Å². The van der Waals surface area contributed by atoms with Crippen molar-refractivity contribution in [1.82, 2.24) is 0 Å². The van der Waals surface area contributed by atoms with Crippen LogP contribution >= 0.6 is 0 Å². The molecule has 1 N–H and O–H groups in total. The molecule has 0 amide bonds. The predicted octanol–water partition coefficient (Wildman–Crippen LogP) is 25.0. The zero-order valence-corrected chi connectivity index (χ0v) is 55.5. The fraction of sp³-hybridized carbons (Fsp3) is 0.605. The van der Waals surface area contributed by atoms with Gasteiger partial charge in [-0.25, -0.2) is 0 Å². The van der Waals surface area contributed by atoms with Crippen molar-refractivity contribution in [3.63, 3.8) is 0 Å². The fourth-order valence-corrected chi connectivity index (χ4v) is 9.49. The van der Waals surface area contributed by atoms with Crippen LogP contribution in [0.1, 0.15) is 296 Å². The number of esters is 2. The summed E-state index contributed by atoms with van der Waals surface area (Å²) in [7, 11) is 0. The summed E-state index contributed by atoms with van der Waals surface area (Å²) in [6.45, 7) is 3.92. The highest BCUT2D eigenvalue weighted by Crippen LogP contribution is 2.16. The van der Waals surface area contributed by atoms with Gasteiger partial charge in [0.1, 0.15) is 6.61 Å². The predicted molar refractivity (Wildman–Crippen MR) is 380 cm³/mol. The van der Waals surface area contributed by atoms with E-state index in [0.717, 1.165) is 135 Å². The van der Waals surface area contributed by atoms with Gasteiger partial charge in [-0.3, -0.25) is 9.59 Å². The Balaban J connectivity index is 3.54. The van der Waals surface area contributed by atoms with E-state index in [-0.39, 0.29) is 25.2 Å². The summed E-state index contributed by atoms with van der Waals surface area (Å²) in [5.41, 5.74) is 0. The van der Waals surface area contributed by atoms with Crippen LogP contribution in [0, 0.1) is 0 Å². The number of hydrogen-bond donors (Lipinski definition) is 1. The summed E-state index contributed by atoms with van der Waals surface area (Å²) >= 11 is 0. The van der Waals surface area contributed by atoms with Crippen LogP contribution in [-0.2, 0) is 19.1 Å². The largest absolute Gasteiger partial charge is 0.462 e. The molecule has 484 valence electrons. The third kappa shape index (κ3) is 71.5. The van der Waals surface area contributed by atoms with E-state index in [9.17, 15) is 14.7 Å². The molecule has 1 unspecified atom stereocenters. The Morgan fingerprint density at radius 1 is 0.267 bits per heavy atom. The topological polar surface area (TPSA) is 72.8 Å². The van der Waals surface area contributed by atoms with E-state index in [4.69, 9.17) is 9.47 Å². The van der Waals surface area contributed by atoms with Crippen molar-refractivity contribution in [1.29, 1.82) is 0 Å². The van der Waals surface area contributed by atoms with E-state index in [1.807, 2.05) is 0 Å². The maximum Gasteiger partial charge on any atom is 0.306 e. The molecule has 0 aromatic rings. The summed E-state index contributed by atoms with van der Waals surface area (Å²) in [5.74, 6) is -0.599. The summed E-state index contributed by atoms with van der Waals surface area (Å²) < 4.78 is 10.8. The molecule has 0 fully saturated rings. The van der Waals surface area contributed by atoms with Gasteiger partial charge in [-0.1, -0.05) is 331 Å². The Bertz CT molecular complexity index is 1920. The van der Waals surface area contributed by atoms with Crippen LogP contribution in [0.25, 0.3) is 0 Å². The van der Waals surface area contributed by atoms with Gasteiger partial charge in [-0.05, 0) is 135 Å². The minimum Gasteiger partial charge on any atom is -0.462 e. The lowest BCUT2D eigenvalue weighted by Crippen LogP contribution is -2.28. The van der Waals surface area contributed by atoms with E-state index in [0.29, 0.717) is 12.8 Å². The highest BCUT2D eigenvalue weighted by molar-refractivity contribution is 5.70. The molecule has 0 bridgehead atoms. The van der Waals surface area contributed by atoms with Crippen molar-refractivity contribution in [2.45, 2.75) is 302 Å². The van der Waals surface area contributed by atoms with E-state index < -0.39 is 6.10 Å². The van der Waals surface area contributed by atoms with Gasteiger partial charge in [0, 0.05) is 12.8 Å². The first-order valence-electron chi connectivity index (χ1n) is 35.3. The number of hydrogen-bond acceptors (Lipinski definition) is 5. The third-order valence-electron chi connectivity index (χ3n) is 14.7. The molecule has 0 aromatic carbocycles. The number of unbranched alkanes of at least 4 members (excludes halogenated alkanes) is 25. The van der Waals surface area contributed by atoms with Crippen molar-refractivity contribution in [3.8, 4) is 0 Å². The molecule has 5 heteroatoms. The zero-order valence-electron chi connectivity index (χ0n) is 55.5. The van der Waals surface area contributed by atoms with Gasteiger partial charge in [0.2, 0.25) is 0 Å². The standard InChI is InChI=1S/C81H130O5/c1-3-5-7-9-11-13-15-17-19-21-23-25-27-29-31-33-35-37-39-40-42-43-45-47-49-51-53-55-57-59-61-63-65-67-69-71-73-75-80(83)85-78-79(77-82)86-81(84)76-74-72-70-68-66-64-62-60-58-56-54-52-50-48-46-44-41-38-36-34-32-30-28-26-24-22-20-18-16-14-12-10-8-6-4-2/h5-8,11-14,17-20,23-26,29-32,35-38,40,42,44,46,50,52,79,82H,3-4,9-10,15-16,21-22,27-28,33-34,39,41,43,45,47-49,51,53-78H2,1-2H3/b7-5-,8-6-,13-11-,14-12-,19-17-,20-18-,25-23-,26-24-,31-29-,32-30-,37-35-,38-36-,42-40-,46-44-,52-50-. The molecular formula is C81H130O5. The average Bonchev–Trinajstić information content (AvgIpc) is 3.55. The number of carbonyl (C=O) groups is 2. The van der Waals surface area contributed by atoms with Gasteiger partial charge < -0.3 is 14.6 Å². The Kier molecular flexibility index (Phi) is 69.9. The van der Waals surface area contributed by atoms with Crippen molar-refractivity contribution < 1.29 is 24.2 Å². The number of ether oxygens (including phenoxy) is 2. The molecule has 0 rings (SSSR count). The molecule has 0 heterocycles. The van der Waals surface area contributed by atoms with Crippen LogP contribution in [0.3, 0.4) is 0 Å². The smallest absolute Gasteiger partial charge is 0.306 e. The number of aliphatic hydroxyl groups is 1. The zero-order chi connectivity index (χ0) is 61.9. The maximum atomic E-state index is 12.4. The minimum atomic E-state index is -0.788. The molecule has 0 aliphatic heterocycles. The molecule has 0 aliphatic carbocycles. The first-order chi connectivity index (χ1) is 42.6. The molecule has 0 aliphatic rings. The first-order valence-corrected chi connectivity index (χ1v) is 35.3. The van der Waals surface area contributed by atoms with Gasteiger partial charge in [-0.2, -0.15) is 0 Å². The van der Waals surface area contributed by atoms with E-state index >= 15 is 0 Å². The lowest BCUT2D eigenvalue weighted by molar-refractivity contribution is -0.161. The second-order valence-corrected chi connectivity index (χ2v) is 22.8. The van der Waals surface area contributed by atoms with Crippen molar-refractivity contribution in [2.75, 3.05) is 13.2 Å². The summed E-state index contributed by atoms with van der Waals surface area (Å²) in [6.07, 6.45) is 116. The molecule has 5 nitrogen and oxygen atoms in total. The van der Waals surface area contributed by atoms with E-state index in [1.54, 1.807) is 0 Å². The molecular weight excluding hydrogens is 1050 g/mol. The van der Waals surface area contributed by atoms with Crippen LogP contribution in [0.15, 0.2) is 182 Å². The van der Waals surface area contributed by atoms with Gasteiger partial charge in [0.25, 0.3) is 0 Å². The Morgan fingerprint density at radius 3 is 0.698 bits per heavy atom. The van der Waals surface area contributed by atoms with E-state index in [2.05, 4.69) is 196 Å². The monoisotopic (exact) mass is 1180 g/mol. The molecule has 0 saturated carbocycles. The second kappa shape index (κ2) is 74.3. The number of rotatable bonds is 63. The first kappa shape index (κ1) is 81.0. The molecule has 0 saturated heterocycles. The maximum absolute atomic E-state index is 12.4. The molecule has 0 spiro atoms. The molecule has 1 atom stereocenters. The Labute approximate surface area is 531 Å². The lowest BCUT2D eigenvalue weighted by Gasteiger charge is -2.15. The molecule has 0 aromatic heterocycles. The van der Waals surface area contributed by atoms with Gasteiger partial charge in [-0.15, -0.1) is 0 Å². The van der Waals surface area contributed by atoms with E-state index in [1.165, 1.54) is 135 Å². The van der Waals surface area contributed by atoms with Crippen LogP contribution in [0.4, 0.5) is 0 Å². The van der Waals surface area contributed by atoms with Crippen LogP contribution < -0.4 is 0 Å². The van der Waals surface area contributed by atoms with Crippen LogP contribution in [0.5, 0.6) is 0 Å². The molecule has 86 heavy (non-hydrogen) atoms. The van der Waals surface area contributed by atoms with Crippen molar-refractivity contribution in [3.05, 3.63) is 182 Å². The highest BCUT2D eigenvalue weighted by atomic mass is 16.6. The second-order valence-electron chi connectivity index (χ2n) is 22.8. The highest BCUT2D eigenvalue weighted by Gasteiger charge is 2.16. The number of allylic oxidation sites excluding steroid dienone is 30. The summed E-state index contributed by atoms with van der Waals surface area (Å²) in [4.78, 5) is 24.7. The summed E-state index contributed by atoms with van der Waals surface area (Å²) in [5, 5.41) is 9.71. The SMILES string of the molecule is CC/C=C\C/C=C\C/C=C\C/C=C\C/C=C\C/C=C\C/C=C\C/C=C\CCCCCCCCCCCCC(=O)OC(CO)COC(=O)CCCCCCCCCCCCCCCCC/C=C\C/C=C\C/C=C\C/C=C\C/C=C\C/C=C\C/C=C\CC. The summed E-state index contributed by atoms with van der Waals surface area (Å²) in [6, 6.07) is 0. The average molecular weight is 1180 g/mol. The minimum absolute atomic E-state index is 0.0761. The quantitative estimate of drug-likeness (QED) is 0.0373. The third-order valence-corrected chi connectivity index (χ3v) is 14.7. The van der Waals surface area contributed by atoms with Crippen molar-refractivity contribution >= 4 is 11.9 Å². The van der Waals surface area contributed by atoms with Gasteiger partial charge in [0.05, 0.1) is 6.61 Å². The van der Waals surface area contributed by atoms with Crippen molar-refractivity contribution in [2.24, 2.45) is 0 Å². The fourth-order valence-electron chi connectivity index (χ4n) is 9.49. The van der Waals surface area contributed by atoms with Crippen LogP contribution in [0.2, 0.25) is 0 Å². The Hall–Kier alpha value is -5.00. The Morgan fingerprint density at radius 2 is 0.465 bits per heavy atom. The number of aliphatic hydroxyl groups excluding tert-OH is 1. The van der Waals surface area contributed by atoms with Crippen LogP contribution in [-0.4, -0.2) is 36.4 Å². The number of carbonyl (C=O) groups excluding carboxylic acids is 2. The van der Waals surface area contributed by atoms with Gasteiger partial charge in [0.15, 0.2) is 6.10 Å². The molecule has 0 radical (unpaired) electrons. The lowest BCUT2D eigenvalue weighted by atomic mass is 10.0. The normalized spacial score (nSPS) is 13.4.